The van der Waals surface area contributed by atoms with Crippen LogP contribution in [0.5, 0.6) is 0 Å². The molecule has 1 rings (SSSR count). The average molecular weight is 249 g/mol. The predicted octanol–water partition coefficient (Wildman–Crippen LogP) is 0.755. The standard InChI is InChI=1S/C10H19NO4S/c1-10(12)15-8-5-9-16(13,14)11-6-3-2-4-7-11/h2-9H2,1H3. The molecule has 1 fully saturated rings. The highest BCUT2D eigenvalue weighted by Crippen LogP contribution is 2.13. The van der Waals surface area contributed by atoms with E-state index in [9.17, 15) is 13.2 Å². The normalized spacial score (nSPS) is 18.3. The molecule has 0 amide bonds. The molecule has 0 spiro atoms. The number of esters is 1. The fourth-order valence-corrected chi connectivity index (χ4v) is 3.28. The Labute approximate surface area is 96.8 Å². The summed E-state index contributed by atoms with van der Waals surface area (Å²) >= 11 is 0. The van der Waals surface area contributed by atoms with Crippen molar-refractivity contribution in [2.24, 2.45) is 0 Å². The highest BCUT2D eigenvalue weighted by atomic mass is 32.2. The van der Waals surface area contributed by atoms with Crippen molar-refractivity contribution < 1.29 is 17.9 Å². The molecule has 0 aromatic heterocycles. The number of ether oxygens (including phenoxy) is 1. The molecule has 1 heterocycles. The lowest BCUT2D eigenvalue weighted by Crippen LogP contribution is -2.37. The molecule has 0 aliphatic carbocycles. The number of carbonyl (C=O) groups is 1. The van der Waals surface area contributed by atoms with Gasteiger partial charge in [-0.2, -0.15) is 0 Å². The summed E-state index contributed by atoms with van der Waals surface area (Å²) in [7, 11) is -3.14. The first-order valence-electron chi connectivity index (χ1n) is 5.63. The van der Waals surface area contributed by atoms with Gasteiger partial charge in [0.2, 0.25) is 10.0 Å². The smallest absolute Gasteiger partial charge is 0.302 e. The first-order valence-corrected chi connectivity index (χ1v) is 7.24. The number of sulfonamides is 1. The van der Waals surface area contributed by atoms with Crippen LogP contribution in [0.2, 0.25) is 0 Å². The number of piperidine rings is 1. The van der Waals surface area contributed by atoms with E-state index in [0.717, 1.165) is 19.3 Å². The third kappa shape index (κ3) is 4.49. The van der Waals surface area contributed by atoms with Crippen molar-refractivity contribution >= 4 is 16.0 Å². The quantitative estimate of drug-likeness (QED) is 0.533. The molecule has 0 saturated carbocycles. The highest BCUT2D eigenvalue weighted by molar-refractivity contribution is 7.89. The van der Waals surface area contributed by atoms with Crippen LogP contribution < -0.4 is 0 Å². The summed E-state index contributed by atoms with van der Waals surface area (Å²) < 4.78 is 29.9. The van der Waals surface area contributed by atoms with E-state index >= 15 is 0 Å². The third-order valence-electron chi connectivity index (χ3n) is 2.56. The molecule has 0 radical (unpaired) electrons. The van der Waals surface area contributed by atoms with Crippen molar-refractivity contribution in [1.82, 2.24) is 4.31 Å². The molecule has 1 saturated heterocycles. The van der Waals surface area contributed by atoms with Crippen LogP contribution in [0.25, 0.3) is 0 Å². The van der Waals surface area contributed by atoms with Gasteiger partial charge in [0.1, 0.15) is 0 Å². The molecular weight excluding hydrogens is 230 g/mol. The van der Waals surface area contributed by atoms with Crippen molar-refractivity contribution in [3.63, 3.8) is 0 Å². The Balaban J connectivity index is 2.30. The van der Waals surface area contributed by atoms with Gasteiger partial charge in [-0.1, -0.05) is 6.42 Å². The first-order chi connectivity index (χ1) is 7.52. The molecule has 0 aromatic carbocycles. The van der Waals surface area contributed by atoms with Crippen LogP contribution in [0.4, 0.5) is 0 Å². The molecule has 1 aliphatic heterocycles. The summed E-state index contributed by atoms with van der Waals surface area (Å²) in [5, 5.41) is 0. The molecule has 0 bridgehead atoms. The maximum atomic E-state index is 11.8. The van der Waals surface area contributed by atoms with E-state index in [-0.39, 0.29) is 18.3 Å². The van der Waals surface area contributed by atoms with Gasteiger partial charge in [0.25, 0.3) is 0 Å². The van der Waals surface area contributed by atoms with Crippen LogP contribution in [0, 0.1) is 0 Å². The third-order valence-corrected chi connectivity index (χ3v) is 4.52. The molecule has 0 unspecified atom stereocenters. The van der Waals surface area contributed by atoms with Gasteiger partial charge >= 0.3 is 5.97 Å². The monoisotopic (exact) mass is 249 g/mol. The largest absolute Gasteiger partial charge is 0.466 e. The predicted molar refractivity (Wildman–Crippen MR) is 60.5 cm³/mol. The van der Waals surface area contributed by atoms with Gasteiger partial charge in [-0.3, -0.25) is 4.79 Å². The Hall–Kier alpha value is -0.620. The minimum atomic E-state index is -3.14. The molecular formula is C10H19NO4S. The molecule has 16 heavy (non-hydrogen) atoms. The molecule has 0 N–H and O–H groups in total. The fourth-order valence-electron chi connectivity index (χ4n) is 1.73. The van der Waals surface area contributed by atoms with Crippen LogP contribution in [-0.2, 0) is 19.6 Å². The van der Waals surface area contributed by atoms with E-state index in [0.29, 0.717) is 19.5 Å². The van der Waals surface area contributed by atoms with E-state index in [4.69, 9.17) is 4.74 Å². The van der Waals surface area contributed by atoms with Crippen molar-refractivity contribution in [3.05, 3.63) is 0 Å². The Morgan fingerprint density at radius 3 is 2.44 bits per heavy atom. The summed E-state index contributed by atoms with van der Waals surface area (Å²) in [6.45, 7) is 2.77. The lowest BCUT2D eigenvalue weighted by molar-refractivity contribution is -0.140. The second kappa shape index (κ2) is 6.20. The van der Waals surface area contributed by atoms with Crippen LogP contribution in [0.15, 0.2) is 0 Å². The molecule has 6 heteroatoms. The molecule has 0 atom stereocenters. The van der Waals surface area contributed by atoms with E-state index < -0.39 is 10.0 Å². The van der Waals surface area contributed by atoms with Crippen molar-refractivity contribution in [2.45, 2.75) is 32.6 Å². The number of hydrogen-bond donors (Lipinski definition) is 0. The lowest BCUT2D eigenvalue weighted by Gasteiger charge is -2.25. The van der Waals surface area contributed by atoms with Gasteiger partial charge < -0.3 is 4.74 Å². The highest BCUT2D eigenvalue weighted by Gasteiger charge is 2.23. The second-order valence-corrected chi connectivity index (χ2v) is 6.06. The van der Waals surface area contributed by atoms with Gasteiger partial charge in [0.05, 0.1) is 12.4 Å². The maximum Gasteiger partial charge on any atom is 0.302 e. The summed E-state index contributed by atoms with van der Waals surface area (Å²) in [5.74, 6) is -0.296. The van der Waals surface area contributed by atoms with Gasteiger partial charge in [0, 0.05) is 20.0 Å². The molecule has 94 valence electrons. The number of carbonyl (C=O) groups excluding carboxylic acids is 1. The SMILES string of the molecule is CC(=O)OCCCS(=O)(=O)N1CCCCC1. The lowest BCUT2D eigenvalue weighted by atomic mass is 10.2. The van der Waals surface area contributed by atoms with Crippen LogP contribution >= 0.6 is 0 Å². The van der Waals surface area contributed by atoms with Gasteiger partial charge in [0.15, 0.2) is 0 Å². The zero-order valence-electron chi connectivity index (χ0n) is 9.65. The summed E-state index contributed by atoms with van der Waals surface area (Å²) in [6, 6.07) is 0. The van der Waals surface area contributed by atoms with E-state index in [1.165, 1.54) is 6.92 Å². The summed E-state index contributed by atoms with van der Waals surface area (Å²) in [5.41, 5.74) is 0. The fraction of sp³-hybridized carbons (Fsp3) is 0.900. The Morgan fingerprint density at radius 2 is 1.88 bits per heavy atom. The minimum Gasteiger partial charge on any atom is -0.466 e. The Kier molecular flexibility index (Phi) is 5.21. The Morgan fingerprint density at radius 1 is 1.25 bits per heavy atom. The van der Waals surface area contributed by atoms with Gasteiger partial charge in [-0.15, -0.1) is 0 Å². The molecule has 0 aromatic rings. The van der Waals surface area contributed by atoms with Crippen molar-refractivity contribution in [3.8, 4) is 0 Å². The van der Waals surface area contributed by atoms with Crippen LogP contribution in [-0.4, -0.2) is 44.1 Å². The van der Waals surface area contributed by atoms with Crippen molar-refractivity contribution in [2.75, 3.05) is 25.4 Å². The zero-order chi connectivity index (χ0) is 12.0. The summed E-state index contributed by atoms with van der Waals surface area (Å²) in [4.78, 5) is 10.5. The zero-order valence-corrected chi connectivity index (χ0v) is 10.5. The maximum absolute atomic E-state index is 11.8. The van der Waals surface area contributed by atoms with Gasteiger partial charge in [-0.25, -0.2) is 12.7 Å². The molecule has 5 nitrogen and oxygen atoms in total. The van der Waals surface area contributed by atoms with Crippen LogP contribution in [0.1, 0.15) is 32.6 Å². The van der Waals surface area contributed by atoms with E-state index in [2.05, 4.69) is 0 Å². The summed E-state index contributed by atoms with van der Waals surface area (Å²) in [6.07, 6.45) is 3.38. The second-order valence-electron chi connectivity index (χ2n) is 3.97. The average Bonchev–Trinajstić information content (AvgIpc) is 2.26. The number of rotatable bonds is 5. The van der Waals surface area contributed by atoms with E-state index in [1.54, 1.807) is 4.31 Å². The Bertz CT molecular complexity index is 320. The molecule has 1 aliphatic rings. The number of hydrogen-bond acceptors (Lipinski definition) is 4. The topological polar surface area (TPSA) is 63.7 Å². The first kappa shape index (κ1) is 13.4. The van der Waals surface area contributed by atoms with Crippen molar-refractivity contribution in [1.29, 1.82) is 0 Å². The minimum absolute atomic E-state index is 0.0697. The number of nitrogens with zero attached hydrogens (tertiary/aromatic N) is 1. The van der Waals surface area contributed by atoms with E-state index in [1.807, 2.05) is 0 Å². The van der Waals surface area contributed by atoms with Gasteiger partial charge in [-0.05, 0) is 19.3 Å². The van der Waals surface area contributed by atoms with Crippen LogP contribution in [0.3, 0.4) is 0 Å².